The minimum Gasteiger partial charge on any atom is -0.324 e. The molecule has 0 aromatic heterocycles. The highest BCUT2D eigenvalue weighted by molar-refractivity contribution is 5.85. The maximum absolute atomic E-state index is 13.0. The average Bonchev–Trinajstić information content (AvgIpc) is 2.18. The van der Waals surface area contributed by atoms with Crippen LogP contribution in [0.2, 0.25) is 0 Å². The van der Waals surface area contributed by atoms with Crippen LogP contribution in [0.15, 0.2) is 30.9 Å². The molecule has 1 nitrogen and oxygen atoms in total. The molecule has 0 saturated carbocycles. The molecule has 0 aliphatic heterocycles. The lowest BCUT2D eigenvalue weighted by Crippen LogP contribution is -2.10. The largest absolute Gasteiger partial charge is 0.324 e. The van der Waals surface area contributed by atoms with Gasteiger partial charge in [0.05, 0.1) is 0 Å². The van der Waals surface area contributed by atoms with Gasteiger partial charge in [0.15, 0.2) is 0 Å². The molecule has 0 aliphatic rings. The summed E-state index contributed by atoms with van der Waals surface area (Å²) in [7, 11) is 0. The highest BCUT2D eigenvalue weighted by Crippen LogP contribution is 2.18. The molecule has 0 bridgehead atoms. The van der Waals surface area contributed by atoms with Crippen LogP contribution in [0.25, 0.3) is 0 Å². The third-order valence-electron chi connectivity index (χ3n) is 2.29. The zero-order chi connectivity index (χ0) is 10.6. The average molecular weight is 230 g/mol. The molecule has 0 spiro atoms. The second-order valence-electron chi connectivity index (χ2n) is 3.48. The molecular weight excluding hydrogens is 213 g/mol. The third kappa shape index (κ3) is 4.02. The normalized spacial score (nSPS) is 11.7. The highest BCUT2D eigenvalue weighted by Gasteiger charge is 2.06. The van der Waals surface area contributed by atoms with Gasteiger partial charge < -0.3 is 5.73 Å². The van der Waals surface area contributed by atoms with E-state index in [4.69, 9.17) is 5.73 Å². The lowest BCUT2D eigenvalue weighted by molar-refractivity contribution is 0.611. The first-order valence-corrected chi connectivity index (χ1v) is 4.77. The Morgan fingerprint density at radius 2 is 2.20 bits per heavy atom. The summed E-state index contributed by atoms with van der Waals surface area (Å²) in [6.07, 6.45) is 3.59. The second-order valence-corrected chi connectivity index (χ2v) is 3.48. The first-order chi connectivity index (χ1) is 6.65. The van der Waals surface area contributed by atoms with Crippen molar-refractivity contribution >= 4 is 12.4 Å². The Hall–Kier alpha value is -0.860. The van der Waals surface area contributed by atoms with Gasteiger partial charge in [0.1, 0.15) is 5.82 Å². The first kappa shape index (κ1) is 14.1. The monoisotopic (exact) mass is 229 g/mol. The van der Waals surface area contributed by atoms with E-state index in [0.29, 0.717) is 5.56 Å². The summed E-state index contributed by atoms with van der Waals surface area (Å²) in [6.45, 7) is 5.39. The van der Waals surface area contributed by atoms with E-state index in [0.717, 1.165) is 18.4 Å². The fourth-order valence-corrected chi connectivity index (χ4v) is 1.36. The van der Waals surface area contributed by atoms with Crippen molar-refractivity contribution in [2.75, 3.05) is 0 Å². The first-order valence-electron chi connectivity index (χ1n) is 4.77. The molecule has 1 atom stereocenters. The van der Waals surface area contributed by atoms with Crippen molar-refractivity contribution in [3.63, 3.8) is 0 Å². The summed E-state index contributed by atoms with van der Waals surface area (Å²) in [5, 5.41) is 0. The van der Waals surface area contributed by atoms with Gasteiger partial charge in [-0.05, 0) is 37.0 Å². The molecule has 3 heteroatoms. The van der Waals surface area contributed by atoms with Crippen molar-refractivity contribution in [3.8, 4) is 0 Å². The predicted octanol–water partition coefficient (Wildman–Crippen LogP) is 3.52. The Kier molecular flexibility index (Phi) is 6.21. The van der Waals surface area contributed by atoms with Crippen LogP contribution in [0.5, 0.6) is 0 Å². The minimum absolute atomic E-state index is 0. The van der Waals surface area contributed by atoms with E-state index < -0.39 is 0 Å². The summed E-state index contributed by atoms with van der Waals surface area (Å²) in [5.41, 5.74) is 7.57. The maximum atomic E-state index is 13.0. The number of hydrogen-bond donors (Lipinski definition) is 1. The molecule has 1 aromatic carbocycles. The standard InChI is InChI=1S/C12H16FN.ClH/c1-3-4-5-12(14)10-6-7-11(13)9(2)8-10;/h3,6-8,12H,1,4-5,14H2,2H3;1H/t12-;/m1./s1. The Labute approximate surface area is 96.6 Å². The van der Waals surface area contributed by atoms with Crippen molar-refractivity contribution < 1.29 is 4.39 Å². The minimum atomic E-state index is -0.176. The highest BCUT2D eigenvalue weighted by atomic mass is 35.5. The van der Waals surface area contributed by atoms with Crippen LogP contribution in [-0.4, -0.2) is 0 Å². The summed E-state index contributed by atoms with van der Waals surface area (Å²) >= 11 is 0. The zero-order valence-electron chi connectivity index (χ0n) is 8.87. The molecule has 0 heterocycles. The van der Waals surface area contributed by atoms with E-state index in [9.17, 15) is 4.39 Å². The van der Waals surface area contributed by atoms with Gasteiger partial charge in [-0.25, -0.2) is 4.39 Å². The number of hydrogen-bond acceptors (Lipinski definition) is 1. The van der Waals surface area contributed by atoms with Crippen LogP contribution >= 0.6 is 12.4 Å². The molecule has 15 heavy (non-hydrogen) atoms. The Balaban J connectivity index is 0.00000196. The Bertz CT molecular complexity index is 325. The molecule has 0 unspecified atom stereocenters. The molecule has 1 aromatic rings. The molecule has 1 rings (SSSR count). The lowest BCUT2D eigenvalue weighted by Gasteiger charge is -2.11. The van der Waals surface area contributed by atoms with Crippen molar-refractivity contribution in [1.29, 1.82) is 0 Å². The quantitative estimate of drug-likeness (QED) is 0.786. The van der Waals surface area contributed by atoms with Crippen LogP contribution in [-0.2, 0) is 0 Å². The topological polar surface area (TPSA) is 26.0 Å². The summed E-state index contributed by atoms with van der Waals surface area (Å²) < 4.78 is 13.0. The molecule has 0 radical (unpaired) electrons. The molecular formula is C12H17ClFN. The molecule has 2 N–H and O–H groups in total. The van der Waals surface area contributed by atoms with Gasteiger partial charge in [0.25, 0.3) is 0 Å². The Morgan fingerprint density at radius 3 is 2.73 bits per heavy atom. The van der Waals surface area contributed by atoms with Gasteiger partial charge in [-0.1, -0.05) is 18.2 Å². The van der Waals surface area contributed by atoms with Gasteiger partial charge in [-0.15, -0.1) is 19.0 Å². The van der Waals surface area contributed by atoms with E-state index in [2.05, 4.69) is 6.58 Å². The van der Waals surface area contributed by atoms with Gasteiger partial charge in [-0.3, -0.25) is 0 Å². The van der Waals surface area contributed by atoms with Crippen LogP contribution in [0.1, 0.15) is 30.0 Å². The van der Waals surface area contributed by atoms with Gasteiger partial charge in [0.2, 0.25) is 0 Å². The fraction of sp³-hybridized carbons (Fsp3) is 0.333. The van der Waals surface area contributed by atoms with E-state index in [1.54, 1.807) is 13.0 Å². The van der Waals surface area contributed by atoms with Gasteiger partial charge in [0, 0.05) is 6.04 Å². The van der Waals surface area contributed by atoms with E-state index in [-0.39, 0.29) is 24.3 Å². The van der Waals surface area contributed by atoms with Gasteiger partial charge >= 0.3 is 0 Å². The van der Waals surface area contributed by atoms with Crippen LogP contribution < -0.4 is 5.73 Å². The SMILES string of the molecule is C=CCC[C@@H](N)c1ccc(F)c(C)c1.Cl. The number of aryl methyl sites for hydroxylation is 1. The summed E-state index contributed by atoms with van der Waals surface area (Å²) in [4.78, 5) is 0. The molecule has 84 valence electrons. The molecule has 0 aliphatic carbocycles. The number of nitrogens with two attached hydrogens (primary N) is 1. The fourth-order valence-electron chi connectivity index (χ4n) is 1.36. The number of allylic oxidation sites excluding steroid dienone is 1. The van der Waals surface area contributed by atoms with E-state index >= 15 is 0 Å². The smallest absolute Gasteiger partial charge is 0.126 e. The maximum Gasteiger partial charge on any atom is 0.126 e. The molecule has 0 amide bonds. The van der Waals surface area contributed by atoms with E-state index in [1.165, 1.54) is 6.07 Å². The van der Waals surface area contributed by atoms with Crippen LogP contribution in [0.4, 0.5) is 4.39 Å². The number of benzene rings is 1. The molecule has 0 fully saturated rings. The number of rotatable bonds is 4. The van der Waals surface area contributed by atoms with Crippen molar-refractivity contribution in [2.24, 2.45) is 5.73 Å². The zero-order valence-corrected chi connectivity index (χ0v) is 9.69. The Morgan fingerprint density at radius 1 is 1.53 bits per heavy atom. The summed E-state index contributed by atoms with van der Waals surface area (Å²) in [6, 6.07) is 5.00. The lowest BCUT2D eigenvalue weighted by atomic mass is 10.0. The predicted molar refractivity (Wildman–Crippen MR) is 64.7 cm³/mol. The van der Waals surface area contributed by atoms with E-state index in [1.807, 2.05) is 12.1 Å². The number of halogens is 2. The van der Waals surface area contributed by atoms with Crippen molar-refractivity contribution in [1.82, 2.24) is 0 Å². The second kappa shape index (κ2) is 6.59. The van der Waals surface area contributed by atoms with Crippen molar-refractivity contribution in [3.05, 3.63) is 47.8 Å². The van der Waals surface area contributed by atoms with Crippen LogP contribution in [0.3, 0.4) is 0 Å². The van der Waals surface area contributed by atoms with Crippen LogP contribution in [0, 0.1) is 12.7 Å². The third-order valence-corrected chi connectivity index (χ3v) is 2.29. The van der Waals surface area contributed by atoms with Crippen molar-refractivity contribution in [2.45, 2.75) is 25.8 Å². The van der Waals surface area contributed by atoms with Gasteiger partial charge in [-0.2, -0.15) is 0 Å². The summed E-state index contributed by atoms with van der Waals surface area (Å²) in [5.74, 6) is -0.176. The molecule has 0 saturated heterocycles.